The van der Waals surface area contributed by atoms with Crippen molar-refractivity contribution in [3.8, 4) is 0 Å². The number of nitrogens with one attached hydrogen (secondary N) is 1. The molecule has 1 saturated heterocycles. The average Bonchev–Trinajstić information content (AvgIpc) is 2.92. The Labute approximate surface area is 161 Å². The quantitative estimate of drug-likeness (QED) is 0.870. The van der Waals surface area contributed by atoms with Gasteiger partial charge in [-0.3, -0.25) is 4.79 Å². The van der Waals surface area contributed by atoms with Crippen LogP contribution in [0.1, 0.15) is 42.5 Å². The third-order valence-electron chi connectivity index (χ3n) is 7.00. The fourth-order valence-corrected chi connectivity index (χ4v) is 5.24. The third-order valence-corrected chi connectivity index (χ3v) is 7.00. The standard InChI is InChI=1S/C22H31N3O2/c1-5-15(12-26)23-22(27)14-9-18-16-7-6-8-19-21(16)17(13(2)25(19)4)10-20(18)24(3)11-14/h6-8,14-15,18,20,26H,5,9-12H2,1-4H3,(H,23,27). The summed E-state index contributed by atoms with van der Waals surface area (Å²) in [5.41, 5.74) is 5.54. The van der Waals surface area contributed by atoms with E-state index in [9.17, 15) is 9.90 Å². The van der Waals surface area contributed by atoms with Gasteiger partial charge in [0, 0.05) is 42.1 Å². The lowest BCUT2D eigenvalue weighted by Gasteiger charge is -2.45. The first-order chi connectivity index (χ1) is 13.0. The molecule has 4 rings (SSSR count). The predicted octanol–water partition coefficient (Wildman–Crippen LogP) is 2.33. The van der Waals surface area contributed by atoms with E-state index in [4.69, 9.17) is 0 Å². The zero-order chi connectivity index (χ0) is 19.3. The highest BCUT2D eigenvalue weighted by Crippen LogP contribution is 2.45. The second-order valence-electron chi connectivity index (χ2n) is 8.41. The maximum atomic E-state index is 12.8. The van der Waals surface area contributed by atoms with Crippen LogP contribution in [0.15, 0.2) is 18.2 Å². The molecule has 2 heterocycles. The Morgan fingerprint density at radius 3 is 2.85 bits per heavy atom. The largest absolute Gasteiger partial charge is 0.394 e. The third kappa shape index (κ3) is 2.88. The number of nitrogens with zero attached hydrogens (tertiary/aromatic N) is 2. The Bertz CT molecular complexity index is 868. The van der Waals surface area contributed by atoms with Gasteiger partial charge >= 0.3 is 0 Å². The lowest BCUT2D eigenvalue weighted by molar-refractivity contribution is -0.128. The van der Waals surface area contributed by atoms with Crippen LogP contribution in [-0.2, 0) is 18.3 Å². The van der Waals surface area contributed by atoms with Crippen molar-refractivity contribution in [2.24, 2.45) is 13.0 Å². The van der Waals surface area contributed by atoms with Crippen LogP contribution in [0, 0.1) is 12.8 Å². The summed E-state index contributed by atoms with van der Waals surface area (Å²) in [6.07, 6.45) is 2.70. The van der Waals surface area contributed by atoms with Gasteiger partial charge in [0.1, 0.15) is 0 Å². The molecule has 4 atom stereocenters. The highest BCUT2D eigenvalue weighted by molar-refractivity contribution is 5.90. The molecule has 1 aromatic heterocycles. The van der Waals surface area contributed by atoms with Crippen molar-refractivity contribution < 1.29 is 9.90 Å². The van der Waals surface area contributed by atoms with E-state index in [-0.39, 0.29) is 24.5 Å². The molecule has 0 radical (unpaired) electrons. The summed E-state index contributed by atoms with van der Waals surface area (Å²) < 4.78 is 2.31. The number of aliphatic hydroxyl groups excluding tert-OH is 1. The number of aromatic nitrogens is 1. The molecule has 27 heavy (non-hydrogen) atoms. The first-order valence-electron chi connectivity index (χ1n) is 10.1. The van der Waals surface area contributed by atoms with E-state index in [2.05, 4.69) is 54.0 Å². The SMILES string of the molecule is CCC(CO)NC(=O)C1CC2c3cccc4c3c(c(C)n4C)CC2N(C)C1. The van der Waals surface area contributed by atoms with Crippen molar-refractivity contribution in [2.75, 3.05) is 20.2 Å². The topological polar surface area (TPSA) is 57.5 Å². The lowest BCUT2D eigenvalue weighted by Crippen LogP contribution is -2.52. The molecule has 4 unspecified atom stereocenters. The number of carbonyl (C=O) groups excluding carboxylic acids is 1. The van der Waals surface area contributed by atoms with Crippen LogP contribution < -0.4 is 5.32 Å². The summed E-state index contributed by atoms with van der Waals surface area (Å²) in [6, 6.07) is 6.94. The number of hydrogen-bond acceptors (Lipinski definition) is 3. The monoisotopic (exact) mass is 369 g/mol. The van der Waals surface area contributed by atoms with Gasteiger partial charge in [-0.05, 0) is 50.4 Å². The maximum absolute atomic E-state index is 12.8. The maximum Gasteiger partial charge on any atom is 0.224 e. The minimum absolute atomic E-state index is 0.00279. The molecule has 2 N–H and O–H groups in total. The number of fused-ring (bicyclic) bond motifs is 2. The minimum Gasteiger partial charge on any atom is -0.394 e. The molecule has 0 bridgehead atoms. The minimum atomic E-state index is -0.140. The number of likely N-dealkylation sites (tertiary alicyclic amines) is 1. The van der Waals surface area contributed by atoms with Crippen LogP contribution in [0.5, 0.6) is 0 Å². The Morgan fingerprint density at radius 2 is 2.15 bits per heavy atom. The fourth-order valence-electron chi connectivity index (χ4n) is 5.24. The van der Waals surface area contributed by atoms with Crippen molar-refractivity contribution in [1.29, 1.82) is 0 Å². The summed E-state index contributed by atoms with van der Waals surface area (Å²) in [4.78, 5) is 15.2. The molecule has 146 valence electrons. The highest BCUT2D eigenvalue weighted by Gasteiger charge is 2.42. The van der Waals surface area contributed by atoms with Crippen molar-refractivity contribution in [2.45, 2.75) is 51.1 Å². The van der Waals surface area contributed by atoms with Crippen molar-refractivity contribution >= 4 is 16.8 Å². The summed E-state index contributed by atoms with van der Waals surface area (Å²) >= 11 is 0. The van der Waals surface area contributed by atoms with Gasteiger partial charge in [-0.2, -0.15) is 0 Å². The van der Waals surface area contributed by atoms with Crippen molar-refractivity contribution in [3.05, 3.63) is 35.0 Å². The lowest BCUT2D eigenvalue weighted by atomic mass is 9.72. The Hall–Kier alpha value is -1.85. The number of piperidine rings is 1. The number of rotatable bonds is 4. The molecule has 1 aromatic carbocycles. The molecule has 1 amide bonds. The van der Waals surface area contributed by atoms with Crippen LogP contribution in [-0.4, -0.2) is 52.8 Å². The van der Waals surface area contributed by atoms with E-state index in [0.29, 0.717) is 12.0 Å². The number of aliphatic hydroxyl groups is 1. The van der Waals surface area contributed by atoms with Crippen molar-refractivity contribution in [1.82, 2.24) is 14.8 Å². The number of hydrogen-bond donors (Lipinski definition) is 2. The predicted molar refractivity (Wildman–Crippen MR) is 108 cm³/mol. The van der Waals surface area contributed by atoms with Crippen LogP contribution in [0.4, 0.5) is 0 Å². The van der Waals surface area contributed by atoms with E-state index < -0.39 is 0 Å². The zero-order valence-electron chi connectivity index (χ0n) is 16.8. The van der Waals surface area contributed by atoms with Crippen LogP contribution in [0.25, 0.3) is 10.9 Å². The molecule has 2 aromatic rings. The van der Waals surface area contributed by atoms with Gasteiger partial charge in [0.05, 0.1) is 18.6 Å². The van der Waals surface area contributed by atoms with Gasteiger partial charge < -0.3 is 19.9 Å². The van der Waals surface area contributed by atoms with E-state index in [1.54, 1.807) is 0 Å². The molecule has 0 saturated carbocycles. The molecule has 2 aliphatic rings. The van der Waals surface area contributed by atoms with Crippen molar-refractivity contribution in [3.63, 3.8) is 0 Å². The number of benzene rings is 1. The van der Waals surface area contributed by atoms with Gasteiger partial charge in [0.2, 0.25) is 5.91 Å². The Balaban J connectivity index is 1.68. The molecule has 0 spiro atoms. The van der Waals surface area contributed by atoms with Gasteiger partial charge in [-0.1, -0.05) is 19.1 Å². The summed E-state index contributed by atoms with van der Waals surface area (Å²) in [5, 5.41) is 13.9. The molecular weight excluding hydrogens is 338 g/mol. The molecule has 5 heteroatoms. The van der Waals surface area contributed by atoms with Gasteiger partial charge in [-0.25, -0.2) is 0 Å². The number of carbonyl (C=O) groups is 1. The van der Waals surface area contributed by atoms with Crippen LogP contribution in [0.3, 0.4) is 0 Å². The summed E-state index contributed by atoms with van der Waals surface area (Å²) in [6.45, 7) is 5.00. The Kier molecular flexibility index (Phi) is 4.77. The zero-order valence-corrected chi connectivity index (χ0v) is 16.8. The molecule has 5 nitrogen and oxygen atoms in total. The second-order valence-corrected chi connectivity index (χ2v) is 8.41. The highest BCUT2D eigenvalue weighted by atomic mass is 16.3. The fraction of sp³-hybridized carbons (Fsp3) is 0.591. The average molecular weight is 370 g/mol. The van der Waals surface area contributed by atoms with Crippen LogP contribution >= 0.6 is 0 Å². The van der Waals surface area contributed by atoms with Gasteiger partial charge in [0.25, 0.3) is 0 Å². The summed E-state index contributed by atoms with van der Waals surface area (Å²) in [7, 11) is 4.31. The second kappa shape index (κ2) is 6.95. The molecule has 1 aliphatic heterocycles. The van der Waals surface area contributed by atoms with Gasteiger partial charge in [0.15, 0.2) is 0 Å². The normalized spacial score (nSPS) is 26.0. The Morgan fingerprint density at radius 1 is 1.37 bits per heavy atom. The van der Waals surface area contributed by atoms with Crippen LogP contribution in [0.2, 0.25) is 0 Å². The smallest absolute Gasteiger partial charge is 0.224 e. The molecule has 1 fully saturated rings. The summed E-state index contributed by atoms with van der Waals surface area (Å²) in [5.74, 6) is 0.439. The van der Waals surface area contributed by atoms with E-state index >= 15 is 0 Å². The van der Waals surface area contributed by atoms with E-state index in [1.165, 1.54) is 27.7 Å². The molecule has 1 aliphatic carbocycles. The van der Waals surface area contributed by atoms with E-state index in [0.717, 1.165) is 25.8 Å². The van der Waals surface area contributed by atoms with E-state index in [1.807, 2.05) is 6.92 Å². The number of aryl methyl sites for hydroxylation is 1. The first kappa shape index (κ1) is 18.5. The molecular formula is C22H31N3O2. The number of likely N-dealkylation sites (N-methyl/N-ethyl adjacent to an activating group) is 1. The first-order valence-corrected chi connectivity index (χ1v) is 10.1. The number of amides is 1. The van der Waals surface area contributed by atoms with Gasteiger partial charge in [-0.15, -0.1) is 0 Å².